The molecule has 0 aliphatic heterocycles. The second-order valence-electron chi connectivity index (χ2n) is 4.20. The number of carbonyl (C=O) groups is 1. The molecule has 1 amide bonds. The van der Waals surface area contributed by atoms with Gasteiger partial charge in [-0.25, -0.2) is 0 Å². The van der Waals surface area contributed by atoms with Gasteiger partial charge in [-0.3, -0.25) is 4.79 Å². The summed E-state index contributed by atoms with van der Waals surface area (Å²) in [5.41, 5.74) is -0.0276. The number of benzene rings is 1. The Kier molecular flexibility index (Phi) is 4.29. The SMILES string of the molecule is COc1ccc(NC(=O)C(C)(C)OC)cc1C#N. The molecule has 0 bridgehead atoms. The maximum absolute atomic E-state index is 11.9. The minimum atomic E-state index is -0.924. The van der Waals surface area contributed by atoms with E-state index in [0.29, 0.717) is 17.0 Å². The van der Waals surface area contributed by atoms with E-state index in [9.17, 15) is 4.79 Å². The van der Waals surface area contributed by atoms with E-state index < -0.39 is 5.60 Å². The van der Waals surface area contributed by atoms with Crippen molar-refractivity contribution in [3.05, 3.63) is 23.8 Å². The summed E-state index contributed by atoms with van der Waals surface area (Å²) >= 11 is 0. The Morgan fingerprint density at radius 1 is 1.39 bits per heavy atom. The molecule has 0 saturated carbocycles. The molecular formula is C13H16N2O3. The number of hydrogen-bond donors (Lipinski definition) is 1. The molecule has 0 aliphatic carbocycles. The summed E-state index contributed by atoms with van der Waals surface area (Å²) in [5.74, 6) is 0.195. The van der Waals surface area contributed by atoms with Gasteiger partial charge in [-0.1, -0.05) is 0 Å². The maximum atomic E-state index is 11.9. The lowest BCUT2D eigenvalue weighted by Gasteiger charge is -2.21. The van der Waals surface area contributed by atoms with Crippen molar-refractivity contribution >= 4 is 11.6 Å². The average Bonchev–Trinajstić information content (AvgIpc) is 2.38. The van der Waals surface area contributed by atoms with Crippen LogP contribution in [0.2, 0.25) is 0 Å². The third-order valence-electron chi connectivity index (χ3n) is 2.63. The van der Waals surface area contributed by atoms with Crippen LogP contribution in [0.25, 0.3) is 0 Å². The monoisotopic (exact) mass is 248 g/mol. The van der Waals surface area contributed by atoms with E-state index in [1.165, 1.54) is 14.2 Å². The summed E-state index contributed by atoms with van der Waals surface area (Å²) < 4.78 is 10.1. The first kappa shape index (κ1) is 14.0. The lowest BCUT2D eigenvalue weighted by molar-refractivity contribution is -0.133. The molecule has 5 nitrogen and oxygen atoms in total. The van der Waals surface area contributed by atoms with Crippen LogP contribution in [0, 0.1) is 11.3 Å². The lowest BCUT2D eigenvalue weighted by Crippen LogP contribution is -2.38. The van der Waals surface area contributed by atoms with E-state index in [1.807, 2.05) is 6.07 Å². The number of amides is 1. The van der Waals surface area contributed by atoms with Gasteiger partial charge in [-0.2, -0.15) is 5.26 Å². The molecular weight excluding hydrogens is 232 g/mol. The second kappa shape index (κ2) is 5.52. The van der Waals surface area contributed by atoms with Crippen molar-refractivity contribution in [2.45, 2.75) is 19.4 Å². The summed E-state index contributed by atoms with van der Waals surface area (Å²) in [6.45, 7) is 3.33. The fourth-order valence-electron chi connectivity index (χ4n) is 1.25. The van der Waals surface area contributed by atoms with E-state index in [0.717, 1.165) is 0 Å². The van der Waals surface area contributed by atoms with Gasteiger partial charge < -0.3 is 14.8 Å². The first-order chi connectivity index (χ1) is 8.44. The fourth-order valence-corrected chi connectivity index (χ4v) is 1.25. The Morgan fingerprint density at radius 3 is 2.56 bits per heavy atom. The summed E-state index contributed by atoms with van der Waals surface area (Å²) in [4.78, 5) is 11.9. The third kappa shape index (κ3) is 2.99. The number of anilines is 1. The Balaban J connectivity index is 2.94. The minimum absolute atomic E-state index is 0.279. The van der Waals surface area contributed by atoms with Crippen LogP contribution in [0.1, 0.15) is 19.4 Å². The molecule has 96 valence electrons. The van der Waals surface area contributed by atoms with Crippen LogP contribution in [-0.4, -0.2) is 25.7 Å². The molecule has 0 unspecified atom stereocenters. The van der Waals surface area contributed by atoms with Crippen LogP contribution >= 0.6 is 0 Å². The van der Waals surface area contributed by atoms with Crippen molar-refractivity contribution in [1.29, 1.82) is 5.26 Å². The molecule has 0 atom stereocenters. The minimum Gasteiger partial charge on any atom is -0.495 e. The summed E-state index contributed by atoms with van der Waals surface area (Å²) in [7, 11) is 2.96. The molecule has 1 N–H and O–H groups in total. The molecule has 5 heteroatoms. The number of nitrogens with zero attached hydrogens (tertiary/aromatic N) is 1. The van der Waals surface area contributed by atoms with Crippen LogP contribution in [0.5, 0.6) is 5.75 Å². The normalized spacial score (nSPS) is 10.6. The second-order valence-corrected chi connectivity index (χ2v) is 4.20. The van der Waals surface area contributed by atoms with Gasteiger partial charge in [0.25, 0.3) is 5.91 Å². The Hall–Kier alpha value is -2.06. The number of methoxy groups -OCH3 is 2. The van der Waals surface area contributed by atoms with Gasteiger partial charge in [0.05, 0.1) is 12.7 Å². The van der Waals surface area contributed by atoms with Crippen LogP contribution in [0.4, 0.5) is 5.69 Å². The van der Waals surface area contributed by atoms with Gasteiger partial charge in [0.2, 0.25) is 0 Å². The number of carbonyl (C=O) groups excluding carboxylic acids is 1. The van der Waals surface area contributed by atoms with E-state index in [4.69, 9.17) is 14.7 Å². The highest BCUT2D eigenvalue weighted by atomic mass is 16.5. The highest BCUT2D eigenvalue weighted by Crippen LogP contribution is 2.22. The predicted octanol–water partition coefficient (Wildman–Crippen LogP) is 1.93. The molecule has 0 spiro atoms. The van der Waals surface area contributed by atoms with E-state index in [1.54, 1.807) is 32.0 Å². The van der Waals surface area contributed by atoms with E-state index in [2.05, 4.69) is 5.32 Å². The molecule has 0 fully saturated rings. The van der Waals surface area contributed by atoms with Crippen LogP contribution in [0.3, 0.4) is 0 Å². The highest BCUT2D eigenvalue weighted by molar-refractivity contribution is 5.96. The van der Waals surface area contributed by atoms with Crippen LogP contribution in [0.15, 0.2) is 18.2 Å². The molecule has 0 radical (unpaired) electrons. The number of ether oxygens (including phenoxy) is 2. The van der Waals surface area contributed by atoms with Crippen molar-refractivity contribution < 1.29 is 14.3 Å². The zero-order valence-corrected chi connectivity index (χ0v) is 10.9. The quantitative estimate of drug-likeness (QED) is 0.883. The molecule has 0 aromatic heterocycles. The van der Waals surface area contributed by atoms with E-state index in [-0.39, 0.29) is 5.91 Å². The number of nitriles is 1. The van der Waals surface area contributed by atoms with Crippen molar-refractivity contribution in [1.82, 2.24) is 0 Å². The summed E-state index contributed by atoms with van der Waals surface area (Å²) in [6, 6.07) is 6.87. The number of hydrogen-bond acceptors (Lipinski definition) is 4. The van der Waals surface area contributed by atoms with Gasteiger partial charge >= 0.3 is 0 Å². The highest BCUT2D eigenvalue weighted by Gasteiger charge is 2.27. The third-order valence-corrected chi connectivity index (χ3v) is 2.63. The number of nitrogens with one attached hydrogen (secondary N) is 1. The van der Waals surface area contributed by atoms with Crippen LogP contribution in [-0.2, 0) is 9.53 Å². The smallest absolute Gasteiger partial charge is 0.256 e. The molecule has 0 aliphatic rings. The topological polar surface area (TPSA) is 71.3 Å². The van der Waals surface area contributed by atoms with E-state index >= 15 is 0 Å². The first-order valence-electron chi connectivity index (χ1n) is 5.39. The zero-order chi connectivity index (χ0) is 13.8. The van der Waals surface area contributed by atoms with Gasteiger partial charge in [-0.05, 0) is 32.0 Å². The molecule has 0 saturated heterocycles. The van der Waals surface area contributed by atoms with Gasteiger partial charge in [0, 0.05) is 12.8 Å². The molecule has 18 heavy (non-hydrogen) atoms. The Morgan fingerprint density at radius 2 is 2.06 bits per heavy atom. The molecule has 0 heterocycles. The standard InChI is InChI=1S/C13H16N2O3/c1-13(2,18-4)12(16)15-10-5-6-11(17-3)9(7-10)8-14/h5-7H,1-4H3,(H,15,16). The van der Waals surface area contributed by atoms with Gasteiger partial charge in [-0.15, -0.1) is 0 Å². The van der Waals surface area contributed by atoms with Crippen molar-refractivity contribution in [3.8, 4) is 11.8 Å². The molecule has 1 rings (SSSR count). The zero-order valence-electron chi connectivity index (χ0n) is 10.9. The Labute approximate surface area is 106 Å². The average molecular weight is 248 g/mol. The van der Waals surface area contributed by atoms with Crippen molar-refractivity contribution in [3.63, 3.8) is 0 Å². The Bertz CT molecular complexity index is 489. The summed E-state index contributed by atoms with van der Waals surface area (Å²) in [6.07, 6.45) is 0. The maximum Gasteiger partial charge on any atom is 0.256 e. The van der Waals surface area contributed by atoms with Crippen molar-refractivity contribution in [2.24, 2.45) is 0 Å². The number of rotatable bonds is 4. The summed E-state index contributed by atoms with van der Waals surface area (Å²) in [5, 5.41) is 11.6. The first-order valence-corrected chi connectivity index (χ1v) is 5.39. The van der Waals surface area contributed by atoms with Crippen LogP contribution < -0.4 is 10.1 Å². The molecule has 1 aromatic carbocycles. The van der Waals surface area contributed by atoms with Gasteiger partial charge in [0.15, 0.2) is 0 Å². The predicted molar refractivity (Wildman–Crippen MR) is 67.4 cm³/mol. The largest absolute Gasteiger partial charge is 0.495 e. The van der Waals surface area contributed by atoms with Crippen molar-refractivity contribution in [2.75, 3.05) is 19.5 Å². The molecule has 1 aromatic rings. The van der Waals surface area contributed by atoms with Gasteiger partial charge in [0.1, 0.15) is 17.4 Å². The fraction of sp³-hybridized carbons (Fsp3) is 0.385. The lowest BCUT2D eigenvalue weighted by atomic mass is 10.1.